The minimum Gasteiger partial charge on any atom is -0.496 e. The van der Waals surface area contributed by atoms with E-state index in [1.165, 1.54) is 18.4 Å². The smallest absolute Gasteiger partial charge is 0.261 e. The summed E-state index contributed by atoms with van der Waals surface area (Å²) in [7, 11) is 1.54. The van der Waals surface area contributed by atoms with Gasteiger partial charge in [-0.3, -0.25) is 10.1 Å². The first-order chi connectivity index (χ1) is 14.5. The molecule has 0 aliphatic carbocycles. The highest BCUT2D eigenvalue weighted by molar-refractivity contribution is 7.80. The molecule has 0 radical (unpaired) electrons. The van der Waals surface area contributed by atoms with Gasteiger partial charge in [0.25, 0.3) is 5.91 Å². The number of thiocarbonyl (C=S) groups is 1. The van der Waals surface area contributed by atoms with Crippen molar-refractivity contribution in [3.05, 3.63) is 59.4 Å². The molecule has 0 saturated carbocycles. The Balaban J connectivity index is 1.49. The molecule has 10 heteroatoms. The third-order valence-corrected chi connectivity index (χ3v) is 5.55. The fourth-order valence-electron chi connectivity index (χ4n) is 3.00. The number of ether oxygens (including phenoxy) is 1. The topological polar surface area (TPSA) is 93.4 Å². The van der Waals surface area contributed by atoms with Crippen molar-refractivity contribution >= 4 is 45.2 Å². The zero-order valence-corrected chi connectivity index (χ0v) is 18.1. The van der Waals surface area contributed by atoms with E-state index in [4.69, 9.17) is 17.0 Å². The van der Waals surface area contributed by atoms with Crippen LogP contribution in [0, 0.1) is 13.8 Å². The number of fused-ring (bicyclic) bond motifs is 1. The Morgan fingerprint density at radius 1 is 1.17 bits per heavy atom. The number of nitrogens with one attached hydrogen (secondary N) is 2. The Labute approximate surface area is 181 Å². The van der Waals surface area contributed by atoms with Crippen molar-refractivity contribution in [3.63, 3.8) is 0 Å². The molecule has 4 aromatic rings. The molecule has 0 bridgehead atoms. The van der Waals surface area contributed by atoms with Gasteiger partial charge in [0.2, 0.25) is 4.96 Å². The molecule has 152 valence electrons. The SMILES string of the molecule is COc1c(C)cccc1C(=O)NC(=S)Nc1cccc(-c2nn3c(C)nnc3s2)c1. The number of methoxy groups -OCH3 is 1. The quantitative estimate of drug-likeness (QED) is 0.470. The number of hydrogen-bond donors (Lipinski definition) is 2. The molecule has 0 atom stereocenters. The molecule has 0 saturated heterocycles. The Kier molecular flexibility index (Phi) is 5.42. The summed E-state index contributed by atoms with van der Waals surface area (Å²) in [6.45, 7) is 3.73. The second kappa shape index (κ2) is 8.17. The van der Waals surface area contributed by atoms with Crippen molar-refractivity contribution in [3.8, 4) is 16.3 Å². The number of para-hydroxylation sites is 1. The molecule has 4 rings (SSSR count). The van der Waals surface area contributed by atoms with Crippen LogP contribution in [0.2, 0.25) is 0 Å². The lowest BCUT2D eigenvalue weighted by Crippen LogP contribution is -2.34. The lowest BCUT2D eigenvalue weighted by atomic mass is 10.1. The minimum atomic E-state index is -0.340. The normalized spacial score (nSPS) is 10.8. The van der Waals surface area contributed by atoms with Crippen LogP contribution >= 0.6 is 23.6 Å². The van der Waals surface area contributed by atoms with E-state index < -0.39 is 0 Å². The molecule has 2 N–H and O–H groups in total. The van der Waals surface area contributed by atoms with Crippen LogP contribution in [0.1, 0.15) is 21.7 Å². The zero-order chi connectivity index (χ0) is 21.3. The van der Waals surface area contributed by atoms with Crippen molar-refractivity contribution in [2.45, 2.75) is 13.8 Å². The highest BCUT2D eigenvalue weighted by Gasteiger charge is 2.15. The van der Waals surface area contributed by atoms with Crippen molar-refractivity contribution in [1.29, 1.82) is 0 Å². The number of amides is 1. The van der Waals surface area contributed by atoms with Gasteiger partial charge in [0.1, 0.15) is 10.8 Å². The highest BCUT2D eigenvalue weighted by atomic mass is 32.1. The number of carbonyl (C=O) groups is 1. The Hall–Kier alpha value is -3.37. The standard InChI is InChI=1S/C20H18N6O2S2/c1-11-6-4-9-15(16(11)28-3)17(27)22-19(29)21-14-8-5-7-13(10-14)18-25-26-12(2)23-24-20(26)30-18/h4-10H,1-3H3,(H2,21,22,27,29). The monoisotopic (exact) mass is 438 g/mol. The first-order valence-corrected chi connectivity index (χ1v) is 10.2. The van der Waals surface area contributed by atoms with Gasteiger partial charge in [0.15, 0.2) is 10.9 Å². The Morgan fingerprint density at radius 3 is 2.73 bits per heavy atom. The second-order valence-electron chi connectivity index (χ2n) is 6.49. The first kappa shape index (κ1) is 19.9. The third-order valence-electron chi connectivity index (χ3n) is 4.40. The largest absolute Gasteiger partial charge is 0.496 e. The molecule has 1 amide bonds. The Bertz CT molecular complexity index is 1260. The molecule has 0 fully saturated rings. The van der Waals surface area contributed by atoms with Crippen molar-refractivity contribution in [1.82, 2.24) is 25.1 Å². The summed E-state index contributed by atoms with van der Waals surface area (Å²) >= 11 is 6.77. The van der Waals surface area contributed by atoms with Gasteiger partial charge in [-0.25, -0.2) is 0 Å². The average Bonchev–Trinajstić information content (AvgIpc) is 3.30. The van der Waals surface area contributed by atoms with Crippen LogP contribution in [0.25, 0.3) is 15.5 Å². The molecular formula is C20H18N6O2S2. The summed E-state index contributed by atoms with van der Waals surface area (Å²) in [5.74, 6) is 0.920. The van der Waals surface area contributed by atoms with Crippen LogP contribution in [-0.2, 0) is 0 Å². The summed E-state index contributed by atoms with van der Waals surface area (Å²) in [5, 5.41) is 19.4. The van der Waals surface area contributed by atoms with Crippen LogP contribution in [0.4, 0.5) is 5.69 Å². The summed E-state index contributed by atoms with van der Waals surface area (Å²) in [5.41, 5.74) is 2.93. The van der Waals surface area contributed by atoms with Crippen LogP contribution in [0.3, 0.4) is 0 Å². The number of benzene rings is 2. The van der Waals surface area contributed by atoms with Gasteiger partial charge in [-0.2, -0.15) is 9.61 Å². The summed E-state index contributed by atoms with van der Waals surface area (Å²) in [6, 6.07) is 13.0. The molecule has 8 nitrogen and oxygen atoms in total. The maximum absolute atomic E-state index is 12.6. The van der Waals surface area contributed by atoms with E-state index in [0.717, 1.165) is 32.6 Å². The summed E-state index contributed by atoms with van der Waals surface area (Å²) in [6.07, 6.45) is 0. The summed E-state index contributed by atoms with van der Waals surface area (Å²) in [4.78, 5) is 13.4. The lowest BCUT2D eigenvalue weighted by molar-refractivity contribution is 0.0974. The van der Waals surface area contributed by atoms with Gasteiger partial charge in [0, 0.05) is 11.3 Å². The van der Waals surface area contributed by atoms with Crippen molar-refractivity contribution in [2.24, 2.45) is 0 Å². The van der Waals surface area contributed by atoms with E-state index in [9.17, 15) is 4.79 Å². The molecule has 30 heavy (non-hydrogen) atoms. The van der Waals surface area contributed by atoms with E-state index in [2.05, 4.69) is 25.9 Å². The molecular weight excluding hydrogens is 420 g/mol. The number of carbonyl (C=O) groups excluding carboxylic acids is 1. The van der Waals surface area contributed by atoms with Gasteiger partial charge >= 0.3 is 0 Å². The van der Waals surface area contributed by atoms with E-state index in [0.29, 0.717) is 11.3 Å². The number of aryl methyl sites for hydroxylation is 2. The lowest BCUT2D eigenvalue weighted by Gasteiger charge is -2.13. The van der Waals surface area contributed by atoms with E-state index in [1.807, 2.05) is 44.2 Å². The predicted molar refractivity (Wildman–Crippen MR) is 120 cm³/mol. The first-order valence-electron chi connectivity index (χ1n) is 9.01. The van der Waals surface area contributed by atoms with Crippen LogP contribution < -0.4 is 15.4 Å². The number of anilines is 1. The van der Waals surface area contributed by atoms with E-state index in [-0.39, 0.29) is 11.0 Å². The highest BCUT2D eigenvalue weighted by Crippen LogP contribution is 2.27. The second-order valence-corrected chi connectivity index (χ2v) is 7.86. The van der Waals surface area contributed by atoms with Gasteiger partial charge in [-0.1, -0.05) is 35.6 Å². The van der Waals surface area contributed by atoms with Crippen molar-refractivity contribution in [2.75, 3.05) is 12.4 Å². The Morgan fingerprint density at radius 2 is 1.97 bits per heavy atom. The maximum atomic E-state index is 12.6. The molecule has 2 aromatic carbocycles. The fraction of sp³-hybridized carbons (Fsp3) is 0.150. The van der Waals surface area contributed by atoms with Gasteiger partial charge in [-0.05, 0) is 49.8 Å². The van der Waals surface area contributed by atoms with Gasteiger partial charge in [0.05, 0.1) is 12.7 Å². The number of hydrogen-bond acceptors (Lipinski definition) is 7. The van der Waals surface area contributed by atoms with Gasteiger partial charge in [-0.15, -0.1) is 10.2 Å². The van der Waals surface area contributed by atoms with Crippen LogP contribution in [0.5, 0.6) is 5.75 Å². The zero-order valence-electron chi connectivity index (χ0n) is 16.5. The molecule has 2 heterocycles. The summed E-state index contributed by atoms with van der Waals surface area (Å²) < 4.78 is 7.06. The molecule has 0 spiro atoms. The molecule has 0 aliphatic heterocycles. The molecule has 2 aromatic heterocycles. The maximum Gasteiger partial charge on any atom is 0.261 e. The number of rotatable bonds is 4. The van der Waals surface area contributed by atoms with E-state index in [1.54, 1.807) is 16.6 Å². The average molecular weight is 439 g/mol. The van der Waals surface area contributed by atoms with E-state index >= 15 is 0 Å². The third kappa shape index (κ3) is 3.87. The molecule has 0 aliphatic rings. The van der Waals surface area contributed by atoms with Crippen LogP contribution in [-0.4, -0.2) is 37.9 Å². The van der Waals surface area contributed by atoms with Crippen LogP contribution in [0.15, 0.2) is 42.5 Å². The fourth-order valence-corrected chi connectivity index (χ4v) is 4.09. The number of nitrogens with zero attached hydrogens (tertiary/aromatic N) is 4. The predicted octanol–water partition coefficient (Wildman–Crippen LogP) is 3.61. The van der Waals surface area contributed by atoms with Crippen molar-refractivity contribution < 1.29 is 9.53 Å². The minimum absolute atomic E-state index is 0.190. The number of aromatic nitrogens is 4. The molecule has 0 unspecified atom stereocenters. The van der Waals surface area contributed by atoms with Gasteiger partial charge < -0.3 is 10.1 Å².